The number of carbonyl (C=O) groups excluding carboxylic acids is 1. The second-order valence-electron chi connectivity index (χ2n) is 5.49. The molecule has 1 heterocycles. The molecule has 0 saturated carbocycles. The molecule has 0 radical (unpaired) electrons. The van der Waals surface area contributed by atoms with Crippen molar-refractivity contribution in [2.24, 2.45) is 0 Å². The van der Waals surface area contributed by atoms with Crippen molar-refractivity contribution >= 4 is 23.2 Å². The normalized spacial score (nSPS) is 20.0. The molecule has 2 atom stereocenters. The van der Waals surface area contributed by atoms with E-state index in [2.05, 4.69) is 16.2 Å². The largest absolute Gasteiger partial charge is 0.494 e. The standard InChI is InChI=1S/C17H17ClFN3O2/c1-24-16-7-6-10(8-13(16)19)20-17(23)15-9-14(21-22-15)11-4-2-3-5-12(11)18/h2-8,14-15,21-22H,9H2,1H3,(H,20,23). The van der Waals surface area contributed by atoms with Crippen LogP contribution in [0.5, 0.6) is 5.75 Å². The number of benzene rings is 2. The topological polar surface area (TPSA) is 62.4 Å². The molecule has 0 bridgehead atoms. The van der Waals surface area contributed by atoms with Gasteiger partial charge in [-0.3, -0.25) is 4.79 Å². The van der Waals surface area contributed by atoms with Crippen LogP contribution in [0, 0.1) is 5.82 Å². The van der Waals surface area contributed by atoms with E-state index in [9.17, 15) is 9.18 Å². The number of rotatable bonds is 4. The van der Waals surface area contributed by atoms with Crippen LogP contribution in [0.15, 0.2) is 42.5 Å². The molecule has 0 spiro atoms. The molecule has 2 aromatic rings. The molecule has 3 N–H and O–H groups in total. The first-order valence-electron chi connectivity index (χ1n) is 7.48. The lowest BCUT2D eigenvalue weighted by atomic mass is 10.0. The molecule has 24 heavy (non-hydrogen) atoms. The summed E-state index contributed by atoms with van der Waals surface area (Å²) in [4.78, 5) is 12.3. The molecule has 1 saturated heterocycles. The maximum atomic E-state index is 13.7. The molecule has 2 unspecified atom stereocenters. The van der Waals surface area contributed by atoms with Crippen LogP contribution in [0.2, 0.25) is 5.02 Å². The lowest BCUT2D eigenvalue weighted by Gasteiger charge is -2.12. The fraction of sp³-hybridized carbons (Fsp3) is 0.235. The summed E-state index contributed by atoms with van der Waals surface area (Å²) in [5.41, 5.74) is 7.33. The van der Waals surface area contributed by atoms with Crippen LogP contribution in [-0.4, -0.2) is 19.1 Å². The highest BCUT2D eigenvalue weighted by atomic mass is 35.5. The molecule has 1 aliphatic rings. The molecule has 1 aliphatic heterocycles. The van der Waals surface area contributed by atoms with E-state index in [4.69, 9.17) is 16.3 Å². The molecule has 2 aromatic carbocycles. The van der Waals surface area contributed by atoms with Crippen molar-refractivity contribution in [1.82, 2.24) is 10.9 Å². The van der Waals surface area contributed by atoms with Gasteiger partial charge in [0.05, 0.1) is 7.11 Å². The third-order valence-corrected chi connectivity index (χ3v) is 4.26. The zero-order valence-electron chi connectivity index (χ0n) is 13.0. The smallest absolute Gasteiger partial charge is 0.242 e. The summed E-state index contributed by atoms with van der Waals surface area (Å²) < 4.78 is 18.5. The lowest BCUT2D eigenvalue weighted by molar-refractivity contribution is -0.117. The number of halogens is 2. The Morgan fingerprint density at radius 2 is 2.08 bits per heavy atom. The highest BCUT2D eigenvalue weighted by Crippen LogP contribution is 2.28. The Labute approximate surface area is 144 Å². The summed E-state index contributed by atoms with van der Waals surface area (Å²) in [6, 6.07) is 11.3. The van der Waals surface area contributed by atoms with Gasteiger partial charge in [0.1, 0.15) is 6.04 Å². The van der Waals surface area contributed by atoms with E-state index in [1.807, 2.05) is 24.3 Å². The first kappa shape index (κ1) is 16.7. The summed E-state index contributed by atoms with van der Waals surface area (Å²) in [7, 11) is 1.39. The van der Waals surface area contributed by atoms with Crippen LogP contribution >= 0.6 is 11.6 Å². The van der Waals surface area contributed by atoms with Crippen molar-refractivity contribution < 1.29 is 13.9 Å². The van der Waals surface area contributed by atoms with Crippen LogP contribution in [0.25, 0.3) is 0 Å². The average Bonchev–Trinajstić information content (AvgIpc) is 3.05. The van der Waals surface area contributed by atoms with E-state index in [1.165, 1.54) is 19.2 Å². The van der Waals surface area contributed by atoms with Gasteiger partial charge in [0.2, 0.25) is 5.91 Å². The van der Waals surface area contributed by atoms with Gasteiger partial charge < -0.3 is 10.1 Å². The van der Waals surface area contributed by atoms with Gasteiger partial charge in [-0.15, -0.1) is 0 Å². The Hall–Kier alpha value is -2.15. The molecular weight excluding hydrogens is 333 g/mol. The number of ether oxygens (including phenoxy) is 1. The second kappa shape index (κ2) is 7.17. The van der Waals surface area contributed by atoms with Gasteiger partial charge in [0.25, 0.3) is 0 Å². The Kier molecular flexibility index (Phi) is 4.99. The van der Waals surface area contributed by atoms with E-state index in [-0.39, 0.29) is 17.7 Å². The zero-order chi connectivity index (χ0) is 17.1. The van der Waals surface area contributed by atoms with Crippen molar-refractivity contribution in [2.75, 3.05) is 12.4 Å². The molecule has 5 nitrogen and oxygen atoms in total. The summed E-state index contributed by atoms with van der Waals surface area (Å²) in [5.74, 6) is -0.643. The predicted octanol–water partition coefficient (Wildman–Crippen LogP) is 3.03. The molecule has 126 valence electrons. The van der Waals surface area contributed by atoms with E-state index in [1.54, 1.807) is 6.07 Å². The van der Waals surface area contributed by atoms with Crippen molar-refractivity contribution in [3.8, 4) is 5.75 Å². The van der Waals surface area contributed by atoms with Crippen molar-refractivity contribution in [1.29, 1.82) is 0 Å². The second-order valence-corrected chi connectivity index (χ2v) is 5.90. The number of hydrazine groups is 1. The van der Waals surface area contributed by atoms with Gasteiger partial charge in [-0.05, 0) is 30.2 Å². The van der Waals surface area contributed by atoms with Crippen molar-refractivity contribution in [3.05, 3.63) is 58.9 Å². The fourth-order valence-corrected chi connectivity index (χ4v) is 2.93. The van der Waals surface area contributed by atoms with Gasteiger partial charge in [-0.25, -0.2) is 15.2 Å². The first-order valence-corrected chi connectivity index (χ1v) is 7.86. The summed E-state index contributed by atoms with van der Waals surface area (Å²) in [6.45, 7) is 0. The van der Waals surface area contributed by atoms with Crippen LogP contribution in [0.1, 0.15) is 18.0 Å². The lowest BCUT2D eigenvalue weighted by Crippen LogP contribution is -2.39. The van der Waals surface area contributed by atoms with Crippen LogP contribution in [0.4, 0.5) is 10.1 Å². The van der Waals surface area contributed by atoms with Crippen molar-refractivity contribution in [2.45, 2.75) is 18.5 Å². The third-order valence-electron chi connectivity index (χ3n) is 3.92. The average molecular weight is 350 g/mol. The third kappa shape index (κ3) is 3.51. The fourth-order valence-electron chi connectivity index (χ4n) is 2.66. The first-order chi connectivity index (χ1) is 11.6. The van der Waals surface area contributed by atoms with E-state index in [0.717, 1.165) is 5.56 Å². The number of carbonyl (C=O) groups is 1. The van der Waals surface area contributed by atoms with Crippen LogP contribution < -0.4 is 20.9 Å². The highest BCUT2D eigenvalue weighted by molar-refractivity contribution is 6.31. The maximum Gasteiger partial charge on any atom is 0.242 e. The van der Waals surface area contributed by atoms with E-state index >= 15 is 0 Å². The van der Waals surface area contributed by atoms with Gasteiger partial charge in [-0.2, -0.15) is 0 Å². The van der Waals surface area contributed by atoms with Crippen LogP contribution in [0.3, 0.4) is 0 Å². The van der Waals surface area contributed by atoms with Crippen molar-refractivity contribution in [3.63, 3.8) is 0 Å². The molecule has 0 aromatic heterocycles. The highest BCUT2D eigenvalue weighted by Gasteiger charge is 2.31. The number of anilines is 1. The monoisotopic (exact) mass is 349 g/mol. The van der Waals surface area contributed by atoms with E-state index in [0.29, 0.717) is 17.1 Å². The Balaban J connectivity index is 1.65. The summed E-state index contributed by atoms with van der Waals surface area (Å²) in [5, 5.41) is 3.34. The number of amides is 1. The minimum atomic E-state index is -0.526. The Bertz CT molecular complexity index is 756. The number of methoxy groups -OCH3 is 1. The van der Waals surface area contributed by atoms with E-state index < -0.39 is 11.9 Å². The quantitative estimate of drug-likeness (QED) is 0.794. The predicted molar refractivity (Wildman–Crippen MR) is 90.5 cm³/mol. The minimum Gasteiger partial charge on any atom is -0.494 e. The molecule has 1 amide bonds. The SMILES string of the molecule is COc1ccc(NC(=O)C2CC(c3ccccc3Cl)NN2)cc1F. The number of hydrogen-bond donors (Lipinski definition) is 3. The molecule has 1 fully saturated rings. The minimum absolute atomic E-state index is 0.0675. The summed E-state index contributed by atoms with van der Waals surface area (Å²) >= 11 is 6.19. The van der Waals surface area contributed by atoms with Crippen LogP contribution in [-0.2, 0) is 4.79 Å². The molecular formula is C17H17ClFN3O2. The zero-order valence-corrected chi connectivity index (χ0v) is 13.7. The van der Waals surface area contributed by atoms with Gasteiger partial charge >= 0.3 is 0 Å². The number of nitrogens with one attached hydrogen (secondary N) is 3. The Morgan fingerprint density at radius 3 is 2.79 bits per heavy atom. The summed E-state index contributed by atoms with van der Waals surface area (Å²) in [6.07, 6.45) is 0.536. The maximum absolute atomic E-state index is 13.7. The van der Waals surface area contributed by atoms with Gasteiger partial charge in [0, 0.05) is 22.8 Å². The number of hydrogen-bond acceptors (Lipinski definition) is 4. The van der Waals surface area contributed by atoms with Gasteiger partial charge in [-0.1, -0.05) is 29.8 Å². The molecule has 3 rings (SSSR count). The van der Waals surface area contributed by atoms with Gasteiger partial charge in [0.15, 0.2) is 11.6 Å². The Morgan fingerprint density at radius 1 is 1.29 bits per heavy atom. The molecule has 7 heteroatoms. The molecule has 0 aliphatic carbocycles.